The number of benzene rings is 1. The van der Waals surface area contributed by atoms with Gasteiger partial charge < -0.3 is 15.8 Å². The molecule has 25 heavy (non-hydrogen) atoms. The highest BCUT2D eigenvalue weighted by Gasteiger charge is 2.37. The smallest absolute Gasteiger partial charge is 0.338 e. The molecule has 1 unspecified atom stereocenters. The van der Waals surface area contributed by atoms with E-state index in [-0.39, 0.29) is 17.2 Å². The number of hydrogen-bond acceptors (Lipinski definition) is 6. The molecule has 2 heterocycles. The third kappa shape index (κ3) is 2.87. The van der Waals surface area contributed by atoms with Crippen molar-refractivity contribution in [2.45, 2.75) is 19.8 Å². The predicted octanol–water partition coefficient (Wildman–Crippen LogP) is 3.56. The van der Waals surface area contributed by atoms with Crippen LogP contribution in [0.3, 0.4) is 0 Å². The van der Waals surface area contributed by atoms with Crippen molar-refractivity contribution in [2.24, 2.45) is 5.73 Å². The number of thiophene rings is 1. The average Bonchev–Trinajstić information content (AvgIpc) is 2.98. The van der Waals surface area contributed by atoms with Crippen LogP contribution < -0.4 is 11.1 Å². The summed E-state index contributed by atoms with van der Waals surface area (Å²) in [5.41, 5.74) is 8.40. The Morgan fingerprint density at radius 1 is 1.32 bits per heavy atom. The van der Waals surface area contributed by atoms with E-state index >= 15 is 0 Å². The number of esters is 1. The van der Waals surface area contributed by atoms with Gasteiger partial charge in [-0.3, -0.25) is 4.79 Å². The van der Waals surface area contributed by atoms with Crippen molar-refractivity contribution >= 4 is 49.1 Å². The molecular formula is C18H17BrN2O3S. The Hall–Kier alpha value is -2.12. The van der Waals surface area contributed by atoms with Crippen LogP contribution in [-0.4, -0.2) is 18.9 Å². The van der Waals surface area contributed by atoms with Crippen molar-refractivity contribution in [1.29, 1.82) is 0 Å². The normalized spacial score (nSPS) is 17.7. The number of hydrogen-bond donors (Lipinski definition) is 2. The van der Waals surface area contributed by atoms with E-state index in [0.717, 1.165) is 20.1 Å². The van der Waals surface area contributed by atoms with Gasteiger partial charge in [0.15, 0.2) is 5.78 Å². The van der Waals surface area contributed by atoms with Crippen LogP contribution in [0.15, 0.2) is 50.7 Å². The van der Waals surface area contributed by atoms with Gasteiger partial charge in [-0.15, -0.1) is 11.3 Å². The molecule has 1 atom stereocenters. The fraction of sp³-hybridized carbons (Fsp3) is 0.222. The van der Waals surface area contributed by atoms with Crippen LogP contribution >= 0.6 is 27.3 Å². The van der Waals surface area contributed by atoms with E-state index in [0.29, 0.717) is 11.3 Å². The average molecular weight is 421 g/mol. The van der Waals surface area contributed by atoms with E-state index in [1.54, 1.807) is 18.3 Å². The minimum absolute atomic E-state index is 0.113. The number of ketones is 1. The van der Waals surface area contributed by atoms with E-state index in [1.807, 2.05) is 23.6 Å². The summed E-state index contributed by atoms with van der Waals surface area (Å²) in [5.74, 6) is -1.00. The van der Waals surface area contributed by atoms with Crippen molar-refractivity contribution < 1.29 is 14.3 Å². The second-order valence-corrected chi connectivity index (χ2v) is 7.51. The Bertz CT molecular complexity index is 958. The monoisotopic (exact) mass is 420 g/mol. The Kier molecular flexibility index (Phi) is 4.71. The fourth-order valence-electron chi connectivity index (χ4n) is 3.23. The van der Waals surface area contributed by atoms with Gasteiger partial charge in [0, 0.05) is 20.4 Å². The summed E-state index contributed by atoms with van der Waals surface area (Å²) in [6.07, 6.45) is 0. The summed E-state index contributed by atoms with van der Waals surface area (Å²) < 4.78 is 6.96. The van der Waals surface area contributed by atoms with E-state index in [1.165, 1.54) is 14.0 Å². The zero-order valence-electron chi connectivity index (χ0n) is 14.0. The number of carbonyl (C=O) groups is 2. The Balaban J connectivity index is 2.32. The number of nitrogens with one attached hydrogen (secondary N) is 1. The van der Waals surface area contributed by atoms with Crippen molar-refractivity contribution in [3.05, 3.63) is 56.3 Å². The van der Waals surface area contributed by atoms with E-state index < -0.39 is 11.9 Å². The first-order chi connectivity index (χ1) is 11.9. The summed E-state index contributed by atoms with van der Waals surface area (Å²) >= 11 is 5.11. The Labute approximate surface area is 157 Å². The lowest BCUT2D eigenvalue weighted by molar-refractivity contribution is -0.136. The molecule has 0 amide bonds. The van der Waals surface area contributed by atoms with E-state index in [9.17, 15) is 9.59 Å². The third-order valence-corrected chi connectivity index (χ3v) is 6.24. The molecule has 3 rings (SSSR count). The van der Waals surface area contributed by atoms with Crippen LogP contribution in [0.25, 0.3) is 10.1 Å². The van der Waals surface area contributed by atoms with Gasteiger partial charge in [-0.05, 0) is 52.2 Å². The number of dihydropyridines is 1. The molecule has 3 N–H and O–H groups in total. The van der Waals surface area contributed by atoms with Crippen molar-refractivity contribution in [1.82, 2.24) is 5.32 Å². The maximum Gasteiger partial charge on any atom is 0.338 e. The number of rotatable bonds is 3. The highest BCUT2D eigenvalue weighted by molar-refractivity contribution is 9.10. The summed E-state index contributed by atoms with van der Waals surface area (Å²) in [5, 5.41) is 5.89. The van der Waals surface area contributed by atoms with Gasteiger partial charge in [0.25, 0.3) is 0 Å². The molecule has 130 valence electrons. The molecule has 0 fully saturated rings. The quantitative estimate of drug-likeness (QED) is 0.741. The van der Waals surface area contributed by atoms with Crippen molar-refractivity contribution in [3.8, 4) is 0 Å². The van der Waals surface area contributed by atoms with E-state index in [2.05, 4.69) is 21.2 Å². The lowest BCUT2D eigenvalue weighted by Gasteiger charge is -2.29. The van der Waals surface area contributed by atoms with Crippen LogP contribution in [-0.2, 0) is 14.3 Å². The molecule has 0 bridgehead atoms. The number of nitrogens with two attached hydrogens (primary N) is 1. The molecule has 1 aliphatic rings. The second kappa shape index (κ2) is 6.65. The van der Waals surface area contributed by atoms with Crippen molar-refractivity contribution in [2.75, 3.05) is 7.11 Å². The standard InChI is InChI=1S/C18H17BrN2O3S/c1-8-13(9(2)22)14(15(17(20)21-8)18(23)24-3)11-7-25-16-10(11)5-4-6-12(16)19/h4-7,14,21H,20H2,1-3H3. The van der Waals surface area contributed by atoms with Gasteiger partial charge >= 0.3 is 5.97 Å². The molecule has 1 aromatic heterocycles. The third-order valence-electron chi connectivity index (χ3n) is 4.27. The van der Waals surface area contributed by atoms with Crippen LogP contribution in [0, 0.1) is 0 Å². The first-order valence-electron chi connectivity index (χ1n) is 7.59. The second-order valence-electron chi connectivity index (χ2n) is 5.78. The summed E-state index contributed by atoms with van der Waals surface area (Å²) in [6, 6.07) is 5.87. The fourth-order valence-corrected chi connectivity index (χ4v) is 4.88. The van der Waals surface area contributed by atoms with Gasteiger partial charge in [-0.2, -0.15) is 0 Å². The number of allylic oxidation sites excluding steroid dienone is 2. The van der Waals surface area contributed by atoms with Crippen LogP contribution in [0.4, 0.5) is 0 Å². The highest BCUT2D eigenvalue weighted by atomic mass is 79.9. The molecule has 2 aromatic rings. The van der Waals surface area contributed by atoms with Crippen LogP contribution in [0.5, 0.6) is 0 Å². The van der Waals surface area contributed by atoms with Gasteiger partial charge in [0.05, 0.1) is 18.6 Å². The van der Waals surface area contributed by atoms with Gasteiger partial charge in [0.1, 0.15) is 5.82 Å². The topological polar surface area (TPSA) is 81.4 Å². The first kappa shape index (κ1) is 17.7. The molecule has 0 radical (unpaired) electrons. The number of carbonyl (C=O) groups excluding carboxylic acids is 2. The van der Waals surface area contributed by atoms with Gasteiger partial charge in [-0.25, -0.2) is 4.79 Å². The molecule has 0 saturated carbocycles. The molecule has 1 aromatic carbocycles. The zero-order chi connectivity index (χ0) is 18.3. The molecule has 7 heteroatoms. The lowest BCUT2D eigenvalue weighted by Crippen LogP contribution is -2.35. The summed E-state index contributed by atoms with van der Waals surface area (Å²) in [6.45, 7) is 3.28. The number of methoxy groups -OCH3 is 1. The zero-order valence-corrected chi connectivity index (χ0v) is 16.4. The molecule has 0 aliphatic carbocycles. The summed E-state index contributed by atoms with van der Waals surface area (Å²) in [4.78, 5) is 24.8. The predicted molar refractivity (Wildman–Crippen MR) is 102 cm³/mol. The largest absolute Gasteiger partial charge is 0.466 e. The Morgan fingerprint density at radius 3 is 2.68 bits per heavy atom. The minimum atomic E-state index is -0.561. The lowest BCUT2D eigenvalue weighted by atomic mass is 9.80. The van der Waals surface area contributed by atoms with Crippen LogP contribution in [0.1, 0.15) is 25.3 Å². The SMILES string of the molecule is COC(=O)C1=C(N)NC(C)=C(C(C)=O)C1c1csc2c(Br)cccc12. The molecule has 0 saturated heterocycles. The maximum atomic E-state index is 12.4. The highest BCUT2D eigenvalue weighted by Crippen LogP contribution is 2.44. The molecule has 5 nitrogen and oxygen atoms in total. The van der Waals surface area contributed by atoms with Crippen LogP contribution in [0.2, 0.25) is 0 Å². The van der Waals surface area contributed by atoms with E-state index in [4.69, 9.17) is 10.5 Å². The minimum Gasteiger partial charge on any atom is -0.466 e. The van der Waals surface area contributed by atoms with Crippen molar-refractivity contribution in [3.63, 3.8) is 0 Å². The number of halogens is 1. The van der Waals surface area contributed by atoms with Gasteiger partial charge in [0.2, 0.25) is 0 Å². The molecular weight excluding hydrogens is 404 g/mol. The summed E-state index contributed by atoms with van der Waals surface area (Å²) in [7, 11) is 1.31. The first-order valence-corrected chi connectivity index (χ1v) is 9.26. The number of ether oxygens (including phenoxy) is 1. The van der Waals surface area contributed by atoms with Gasteiger partial charge in [-0.1, -0.05) is 12.1 Å². The number of fused-ring (bicyclic) bond motifs is 1. The Morgan fingerprint density at radius 2 is 2.04 bits per heavy atom. The number of Topliss-reactive ketones (excluding diaryl/α,β-unsaturated/α-hetero) is 1. The molecule has 1 aliphatic heterocycles. The molecule has 0 spiro atoms. The maximum absolute atomic E-state index is 12.4.